The first-order valence-electron chi connectivity index (χ1n) is 12.3. The molecule has 0 unspecified atom stereocenters. The van der Waals surface area contributed by atoms with Crippen LogP contribution in [0.4, 0.5) is 0 Å². The quantitative estimate of drug-likeness (QED) is 0.379. The van der Waals surface area contributed by atoms with Crippen LogP contribution in [0.25, 0.3) is 16.0 Å². The molecule has 0 N–H and O–H groups in total. The van der Waals surface area contributed by atoms with E-state index in [4.69, 9.17) is 0 Å². The normalized spacial score (nSPS) is 14.9. The number of benzene rings is 1. The molecule has 3 aromatic heterocycles. The molecule has 0 radical (unpaired) electrons. The van der Waals surface area contributed by atoms with Crippen LogP contribution in [-0.2, 0) is 24.2 Å². The van der Waals surface area contributed by atoms with E-state index in [1.807, 2.05) is 20.7 Å². The Morgan fingerprint density at radius 1 is 1.12 bits per heavy atom. The average Bonchev–Trinajstić information content (AvgIpc) is 3.51. The number of aromatic nitrogens is 4. The van der Waals surface area contributed by atoms with E-state index in [0.717, 1.165) is 61.2 Å². The minimum absolute atomic E-state index is 0.000602. The van der Waals surface area contributed by atoms with Crippen molar-refractivity contribution in [3.8, 4) is 0 Å². The van der Waals surface area contributed by atoms with Gasteiger partial charge in [-0.05, 0) is 48.6 Å². The predicted octanol–water partition coefficient (Wildman–Crippen LogP) is 4.32. The number of carbonyl (C=O) groups excluding carboxylic acids is 1. The maximum atomic E-state index is 13.0. The SMILES string of the molecule is CCCCn1c(=O)c2sccc2n2c(CCC(=O)N3CCC(Cc4ccccc4)CC3)nnc12. The van der Waals surface area contributed by atoms with Crippen molar-refractivity contribution in [3.05, 3.63) is 63.5 Å². The summed E-state index contributed by atoms with van der Waals surface area (Å²) in [5.41, 5.74) is 2.22. The lowest BCUT2D eigenvalue weighted by Crippen LogP contribution is -2.39. The standard InChI is InChI=1S/C26H31N5O2S/c1-2-3-14-30-25(33)24-21(13-17-34-24)31-22(27-28-26(30)31)9-10-23(32)29-15-11-20(12-16-29)18-19-7-5-4-6-8-19/h4-8,13,17,20H,2-3,9-12,14-16,18H2,1H3. The third kappa shape index (κ3) is 4.51. The fourth-order valence-corrected chi connectivity index (χ4v) is 5.80. The van der Waals surface area contributed by atoms with Crippen molar-refractivity contribution in [2.75, 3.05) is 13.1 Å². The van der Waals surface area contributed by atoms with Crippen molar-refractivity contribution < 1.29 is 4.79 Å². The second-order valence-corrected chi connectivity index (χ2v) is 10.1. The van der Waals surface area contributed by atoms with Crippen LogP contribution in [0, 0.1) is 5.92 Å². The minimum atomic E-state index is -0.000602. The summed E-state index contributed by atoms with van der Waals surface area (Å²) in [5, 5.41) is 10.7. The van der Waals surface area contributed by atoms with E-state index >= 15 is 0 Å². The van der Waals surface area contributed by atoms with Gasteiger partial charge in [-0.1, -0.05) is 43.7 Å². The Hall–Kier alpha value is -3.00. The number of piperidine rings is 1. The highest BCUT2D eigenvalue weighted by Crippen LogP contribution is 2.23. The number of carbonyl (C=O) groups is 1. The van der Waals surface area contributed by atoms with E-state index in [-0.39, 0.29) is 11.5 Å². The average molecular weight is 478 g/mol. The molecule has 34 heavy (non-hydrogen) atoms. The van der Waals surface area contributed by atoms with Crippen molar-refractivity contribution >= 4 is 33.2 Å². The summed E-state index contributed by atoms with van der Waals surface area (Å²) in [6.45, 7) is 4.38. The van der Waals surface area contributed by atoms with Gasteiger partial charge in [0.2, 0.25) is 11.7 Å². The summed E-state index contributed by atoms with van der Waals surface area (Å²) >= 11 is 1.45. The summed E-state index contributed by atoms with van der Waals surface area (Å²) in [6.07, 6.45) is 6.02. The number of thiophene rings is 1. The van der Waals surface area contributed by atoms with Crippen LogP contribution >= 0.6 is 11.3 Å². The third-order valence-corrected chi connectivity index (χ3v) is 7.80. The third-order valence-electron chi connectivity index (χ3n) is 6.91. The molecule has 4 heterocycles. The fourth-order valence-electron chi connectivity index (χ4n) is 4.97. The van der Waals surface area contributed by atoms with Gasteiger partial charge in [-0.3, -0.25) is 18.6 Å². The van der Waals surface area contributed by atoms with E-state index < -0.39 is 0 Å². The van der Waals surface area contributed by atoms with E-state index in [9.17, 15) is 9.59 Å². The van der Waals surface area contributed by atoms with Crippen LogP contribution in [0.2, 0.25) is 0 Å². The van der Waals surface area contributed by atoms with Crippen LogP contribution in [0.1, 0.15) is 50.4 Å². The summed E-state index contributed by atoms with van der Waals surface area (Å²) in [4.78, 5) is 28.0. The van der Waals surface area contributed by atoms with Gasteiger partial charge in [0.15, 0.2) is 0 Å². The van der Waals surface area contributed by atoms with Crippen molar-refractivity contribution in [2.45, 2.75) is 58.4 Å². The molecule has 0 bridgehead atoms. The van der Waals surface area contributed by atoms with Crippen molar-refractivity contribution in [2.24, 2.45) is 5.92 Å². The van der Waals surface area contributed by atoms with Gasteiger partial charge in [0, 0.05) is 32.5 Å². The Balaban J connectivity index is 1.26. The van der Waals surface area contributed by atoms with Crippen LogP contribution in [-0.4, -0.2) is 43.1 Å². The molecule has 4 aromatic rings. The first-order valence-corrected chi connectivity index (χ1v) is 13.2. The number of aryl methyl sites for hydroxylation is 2. The number of hydrogen-bond donors (Lipinski definition) is 0. The van der Waals surface area contributed by atoms with Gasteiger partial charge >= 0.3 is 0 Å². The molecule has 1 aliphatic heterocycles. The molecule has 8 heteroatoms. The number of hydrogen-bond acceptors (Lipinski definition) is 5. The molecule has 7 nitrogen and oxygen atoms in total. The zero-order chi connectivity index (χ0) is 23.5. The lowest BCUT2D eigenvalue weighted by atomic mass is 9.90. The van der Waals surface area contributed by atoms with E-state index in [2.05, 4.69) is 47.5 Å². The summed E-state index contributed by atoms with van der Waals surface area (Å²) in [6, 6.07) is 12.6. The highest BCUT2D eigenvalue weighted by Gasteiger charge is 2.24. The second kappa shape index (κ2) is 10.1. The van der Waals surface area contributed by atoms with Crippen molar-refractivity contribution in [3.63, 3.8) is 0 Å². The van der Waals surface area contributed by atoms with Gasteiger partial charge < -0.3 is 4.90 Å². The second-order valence-electron chi connectivity index (χ2n) is 9.21. The molecule has 1 aliphatic rings. The molecule has 1 saturated heterocycles. The Bertz CT molecular complexity index is 1330. The summed E-state index contributed by atoms with van der Waals surface area (Å²) in [7, 11) is 0. The molecule has 178 valence electrons. The van der Waals surface area contributed by atoms with Crippen LogP contribution in [0.3, 0.4) is 0 Å². The number of rotatable bonds is 8. The van der Waals surface area contributed by atoms with Gasteiger partial charge in [0.25, 0.3) is 5.56 Å². The van der Waals surface area contributed by atoms with E-state index in [1.165, 1.54) is 16.9 Å². The number of likely N-dealkylation sites (tertiary alicyclic amines) is 1. The minimum Gasteiger partial charge on any atom is -0.343 e. The zero-order valence-electron chi connectivity index (χ0n) is 19.7. The fraction of sp³-hybridized carbons (Fsp3) is 0.462. The highest BCUT2D eigenvalue weighted by molar-refractivity contribution is 7.17. The summed E-state index contributed by atoms with van der Waals surface area (Å²) in [5.74, 6) is 2.14. The number of nitrogens with zero attached hydrogens (tertiary/aromatic N) is 5. The molecule has 0 aliphatic carbocycles. The molecule has 1 amide bonds. The Morgan fingerprint density at radius 3 is 2.68 bits per heavy atom. The first-order chi connectivity index (χ1) is 16.7. The number of fused-ring (bicyclic) bond motifs is 3. The number of unbranched alkanes of at least 4 members (excludes halogenated alkanes) is 1. The molecular weight excluding hydrogens is 446 g/mol. The molecular formula is C26H31N5O2S. The largest absolute Gasteiger partial charge is 0.343 e. The first kappa shape index (κ1) is 22.8. The summed E-state index contributed by atoms with van der Waals surface area (Å²) < 4.78 is 4.43. The molecule has 1 fully saturated rings. The Labute approximate surface area is 203 Å². The molecule has 1 aromatic carbocycles. The van der Waals surface area contributed by atoms with Gasteiger partial charge in [-0.25, -0.2) is 0 Å². The van der Waals surface area contributed by atoms with E-state index in [1.54, 1.807) is 4.57 Å². The monoisotopic (exact) mass is 477 g/mol. The highest BCUT2D eigenvalue weighted by atomic mass is 32.1. The topological polar surface area (TPSA) is 72.5 Å². The predicted molar refractivity (Wildman–Crippen MR) is 135 cm³/mol. The van der Waals surface area contributed by atoms with Gasteiger partial charge in [0.1, 0.15) is 10.5 Å². The van der Waals surface area contributed by atoms with Gasteiger partial charge in [-0.2, -0.15) is 0 Å². The lowest BCUT2D eigenvalue weighted by Gasteiger charge is -2.32. The maximum Gasteiger partial charge on any atom is 0.272 e. The van der Waals surface area contributed by atoms with Crippen molar-refractivity contribution in [1.82, 2.24) is 24.1 Å². The Kier molecular flexibility index (Phi) is 6.76. The van der Waals surface area contributed by atoms with Crippen LogP contribution in [0.15, 0.2) is 46.6 Å². The van der Waals surface area contributed by atoms with E-state index in [0.29, 0.717) is 31.1 Å². The number of amides is 1. The molecule has 0 saturated carbocycles. The van der Waals surface area contributed by atoms with Crippen molar-refractivity contribution in [1.29, 1.82) is 0 Å². The molecule has 5 rings (SSSR count). The molecule has 0 atom stereocenters. The van der Waals surface area contributed by atoms with Gasteiger partial charge in [-0.15, -0.1) is 21.5 Å². The van der Waals surface area contributed by atoms with Crippen LogP contribution in [0.5, 0.6) is 0 Å². The molecule has 0 spiro atoms. The van der Waals surface area contributed by atoms with Gasteiger partial charge in [0.05, 0.1) is 5.52 Å². The smallest absolute Gasteiger partial charge is 0.272 e. The lowest BCUT2D eigenvalue weighted by molar-refractivity contribution is -0.132. The van der Waals surface area contributed by atoms with Crippen LogP contribution < -0.4 is 5.56 Å². The maximum absolute atomic E-state index is 13.0. The Morgan fingerprint density at radius 2 is 1.91 bits per heavy atom. The zero-order valence-corrected chi connectivity index (χ0v) is 20.5.